The quantitative estimate of drug-likeness (QED) is 0.169. The zero-order valence-electron chi connectivity index (χ0n) is 35.3. The second-order valence-corrected chi connectivity index (χ2v) is 18.1. The van der Waals surface area contributed by atoms with Crippen LogP contribution in [0.2, 0.25) is 0 Å². The van der Waals surface area contributed by atoms with Crippen molar-refractivity contribution in [2.24, 2.45) is 0 Å². The fourth-order valence-corrected chi connectivity index (χ4v) is 13.0. The summed E-state index contributed by atoms with van der Waals surface area (Å²) in [6.07, 6.45) is 0. The SMILES string of the molecule is c1ccc2c(c1)Oc1c(cc(-c3ccccc3-c3cccc4c3-c3ccccc3C43c4ccccc4-c4ccc5ccccc5c43)c3ccccc13)C21c2ccccc2-c2ccccc21. The molecule has 1 heterocycles. The Bertz CT molecular complexity index is 3840. The van der Waals surface area contributed by atoms with Crippen molar-refractivity contribution in [2.45, 2.75) is 10.8 Å². The van der Waals surface area contributed by atoms with Crippen LogP contribution in [-0.2, 0) is 10.8 Å². The van der Waals surface area contributed by atoms with Crippen LogP contribution < -0.4 is 4.74 Å². The third-order valence-electron chi connectivity index (χ3n) is 15.4. The number of rotatable bonds is 2. The molecule has 3 aliphatic carbocycles. The van der Waals surface area contributed by atoms with Crippen LogP contribution >= 0.6 is 0 Å². The van der Waals surface area contributed by atoms with Gasteiger partial charge in [-0.3, -0.25) is 0 Å². The Morgan fingerprint density at radius 2 is 0.738 bits per heavy atom. The molecule has 0 saturated heterocycles. The lowest BCUT2D eigenvalue weighted by molar-refractivity contribution is 0.442. The van der Waals surface area contributed by atoms with Crippen molar-refractivity contribution >= 4 is 21.5 Å². The molecule has 4 aliphatic rings. The van der Waals surface area contributed by atoms with Gasteiger partial charge < -0.3 is 4.74 Å². The van der Waals surface area contributed by atoms with Gasteiger partial charge in [0.25, 0.3) is 0 Å². The van der Waals surface area contributed by atoms with Gasteiger partial charge in [0.1, 0.15) is 11.5 Å². The van der Waals surface area contributed by atoms with E-state index in [1.807, 2.05) is 0 Å². The predicted octanol–water partition coefficient (Wildman–Crippen LogP) is 16.1. The van der Waals surface area contributed by atoms with Gasteiger partial charge in [-0.25, -0.2) is 0 Å². The van der Waals surface area contributed by atoms with Crippen LogP contribution in [0.4, 0.5) is 0 Å². The summed E-state index contributed by atoms with van der Waals surface area (Å²) in [7, 11) is 0. The van der Waals surface area contributed by atoms with Crippen LogP contribution in [0.5, 0.6) is 11.5 Å². The van der Waals surface area contributed by atoms with Gasteiger partial charge in [-0.2, -0.15) is 0 Å². The lowest BCUT2D eigenvalue weighted by atomic mass is 9.65. The zero-order valence-corrected chi connectivity index (χ0v) is 35.3. The molecule has 0 N–H and O–H groups in total. The number of hydrogen-bond donors (Lipinski definition) is 0. The summed E-state index contributed by atoms with van der Waals surface area (Å²) in [4.78, 5) is 0. The zero-order chi connectivity index (χ0) is 42.4. The average molecular weight is 823 g/mol. The minimum Gasteiger partial charge on any atom is -0.456 e. The van der Waals surface area contributed by atoms with Gasteiger partial charge in [0.2, 0.25) is 0 Å². The summed E-state index contributed by atoms with van der Waals surface area (Å²) in [6, 6.07) is 86.3. The van der Waals surface area contributed by atoms with Gasteiger partial charge in [-0.05, 0) is 117 Å². The Labute approximate surface area is 377 Å². The molecule has 1 nitrogen and oxygen atoms in total. The van der Waals surface area contributed by atoms with Crippen molar-refractivity contribution in [3.8, 4) is 67.1 Å². The van der Waals surface area contributed by atoms with Crippen LogP contribution in [0.3, 0.4) is 0 Å². The summed E-state index contributed by atoms with van der Waals surface area (Å²) in [5, 5.41) is 4.85. The van der Waals surface area contributed by atoms with Crippen molar-refractivity contribution in [1.82, 2.24) is 0 Å². The predicted molar refractivity (Wildman–Crippen MR) is 266 cm³/mol. The summed E-state index contributed by atoms with van der Waals surface area (Å²) < 4.78 is 7.15. The number of hydrogen-bond acceptors (Lipinski definition) is 1. The first-order chi connectivity index (χ1) is 32.3. The van der Waals surface area contributed by atoms with E-state index in [0.717, 1.165) is 16.9 Å². The maximum absolute atomic E-state index is 7.15. The van der Waals surface area contributed by atoms with Crippen molar-refractivity contribution < 1.29 is 4.74 Å². The first-order valence-corrected chi connectivity index (χ1v) is 22.8. The largest absolute Gasteiger partial charge is 0.456 e. The van der Waals surface area contributed by atoms with E-state index in [1.54, 1.807) is 0 Å². The summed E-state index contributed by atoms with van der Waals surface area (Å²) in [5.74, 6) is 1.83. The second-order valence-electron chi connectivity index (χ2n) is 18.1. The lowest BCUT2D eigenvalue weighted by Gasteiger charge is -2.40. The molecule has 0 radical (unpaired) electrons. The number of fused-ring (bicyclic) bond motifs is 23. The van der Waals surface area contributed by atoms with Crippen molar-refractivity contribution in [2.75, 3.05) is 0 Å². The van der Waals surface area contributed by atoms with Crippen LogP contribution in [0.15, 0.2) is 231 Å². The van der Waals surface area contributed by atoms with Gasteiger partial charge in [-0.15, -0.1) is 0 Å². The standard InChI is InChI=1S/C64H38O/c1-2-19-40-39(18-1)36-37-48-46-25-9-13-31-54(46)64(61(40)48)55-32-14-10-27-50(55)60-47(28-17-34-57(60)64)41-20-3-4-21-42(41)51-38-58-62(49-26-6-5-22-43(49)51)65-59-35-16-15-33-56(59)63(58)52-29-11-7-23-44(52)45-24-8-12-30-53(45)63/h1-38H. The molecule has 1 unspecified atom stereocenters. The van der Waals surface area contributed by atoms with Crippen LogP contribution in [-0.4, -0.2) is 0 Å². The van der Waals surface area contributed by atoms with Gasteiger partial charge in [0.05, 0.1) is 10.8 Å². The van der Waals surface area contributed by atoms with E-state index < -0.39 is 10.8 Å². The Morgan fingerprint density at radius 3 is 1.45 bits per heavy atom. The number of para-hydroxylation sites is 1. The van der Waals surface area contributed by atoms with Gasteiger partial charge in [-0.1, -0.05) is 218 Å². The third kappa shape index (κ3) is 4.24. The molecule has 0 bridgehead atoms. The summed E-state index contributed by atoms with van der Waals surface area (Å²) in [5.41, 5.74) is 21.9. The smallest absolute Gasteiger partial charge is 0.140 e. The molecule has 65 heavy (non-hydrogen) atoms. The van der Waals surface area contributed by atoms with Gasteiger partial charge in [0.15, 0.2) is 0 Å². The molecular weight excluding hydrogens is 785 g/mol. The van der Waals surface area contributed by atoms with Gasteiger partial charge >= 0.3 is 0 Å². The van der Waals surface area contributed by atoms with Crippen molar-refractivity contribution in [3.63, 3.8) is 0 Å². The van der Waals surface area contributed by atoms with E-state index in [-0.39, 0.29) is 0 Å². The molecule has 11 aromatic rings. The fraction of sp³-hybridized carbons (Fsp3) is 0.0312. The number of benzene rings is 11. The van der Waals surface area contributed by atoms with E-state index in [1.165, 1.54) is 116 Å². The van der Waals surface area contributed by atoms with Crippen LogP contribution in [0.1, 0.15) is 44.5 Å². The molecule has 15 rings (SSSR count). The van der Waals surface area contributed by atoms with Crippen molar-refractivity contribution in [1.29, 1.82) is 0 Å². The molecule has 0 saturated carbocycles. The molecular formula is C64H38O. The highest BCUT2D eigenvalue weighted by molar-refractivity contribution is 6.10. The molecule has 0 fully saturated rings. The normalized spacial score (nSPS) is 16.0. The molecule has 1 atom stereocenters. The highest BCUT2D eigenvalue weighted by Gasteiger charge is 2.54. The summed E-state index contributed by atoms with van der Waals surface area (Å²) >= 11 is 0. The molecule has 11 aromatic carbocycles. The Balaban J connectivity index is 1.04. The molecule has 2 spiro atoms. The van der Waals surface area contributed by atoms with Crippen molar-refractivity contribution in [3.05, 3.63) is 275 Å². The Hall–Kier alpha value is -8.26. The average Bonchev–Trinajstić information content (AvgIpc) is 3.97. The third-order valence-corrected chi connectivity index (χ3v) is 15.4. The molecule has 1 aliphatic heterocycles. The van der Waals surface area contributed by atoms with E-state index >= 15 is 0 Å². The fourth-order valence-electron chi connectivity index (χ4n) is 13.0. The van der Waals surface area contributed by atoms with Crippen LogP contribution in [0, 0.1) is 0 Å². The minimum absolute atomic E-state index is 0.484. The maximum atomic E-state index is 7.15. The first kappa shape index (κ1) is 35.2. The minimum atomic E-state index is -0.587. The van der Waals surface area contributed by atoms with Crippen LogP contribution in [0.25, 0.3) is 77.2 Å². The molecule has 0 amide bonds. The number of ether oxygens (including phenoxy) is 1. The monoisotopic (exact) mass is 822 g/mol. The van der Waals surface area contributed by atoms with Gasteiger partial charge in [0, 0.05) is 16.5 Å². The first-order valence-electron chi connectivity index (χ1n) is 22.8. The highest BCUT2D eigenvalue weighted by atomic mass is 16.5. The molecule has 300 valence electrons. The molecule has 1 heteroatoms. The highest BCUT2D eigenvalue weighted by Crippen LogP contribution is 2.67. The lowest BCUT2D eigenvalue weighted by Crippen LogP contribution is -2.32. The Morgan fingerprint density at radius 1 is 0.262 bits per heavy atom. The molecule has 0 aromatic heterocycles. The second kappa shape index (κ2) is 12.7. The van der Waals surface area contributed by atoms with E-state index in [9.17, 15) is 0 Å². The van der Waals surface area contributed by atoms with E-state index in [2.05, 4.69) is 231 Å². The maximum Gasteiger partial charge on any atom is 0.140 e. The summed E-state index contributed by atoms with van der Waals surface area (Å²) in [6.45, 7) is 0. The topological polar surface area (TPSA) is 9.23 Å². The Kier molecular flexibility index (Phi) is 6.88. The van der Waals surface area contributed by atoms with E-state index in [4.69, 9.17) is 4.74 Å². The van der Waals surface area contributed by atoms with E-state index in [0.29, 0.717) is 0 Å².